The minimum atomic E-state index is -4.39. The molecule has 3 rings (SSSR count). The van der Waals surface area contributed by atoms with E-state index in [1.165, 1.54) is 12.1 Å². The van der Waals surface area contributed by atoms with Crippen LogP contribution in [0.5, 0.6) is 0 Å². The Morgan fingerprint density at radius 1 is 1.12 bits per heavy atom. The maximum atomic E-state index is 12.6. The quantitative estimate of drug-likeness (QED) is 0.845. The number of carbonyl (C=O) groups excluding carboxylic acids is 1. The molecule has 1 atom stereocenters. The summed E-state index contributed by atoms with van der Waals surface area (Å²) in [4.78, 5) is 14.0. The molecular formula is C19H19F3N2O2. The van der Waals surface area contributed by atoms with Crippen molar-refractivity contribution in [3.8, 4) is 0 Å². The Labute approximate surface area is 149 Å². The molecule has 0 saturated carbocycles. The van der Waals surface area contributed by atoms with Gasteiger partial charge in [-0.25, -0.2) is 4.79 Å². The molecule has 4 nitrogen and oxygen atoms in total. The highest BCUT2D eigenvalue weighted by Crippen LogP contribution is 2.30. The highest BCUT2D eigenvalue weighted by atomic mass is 19.4. The number of hydrogen-bond donors (Lipinski definition) is 1. The van der Waals surface area contributed by atoms with Gasteiger partial charge < -0.3 is 15.0 Å². The van der Waals surface area contributed by atoms with Crippen molar-refractivity contribution in [2.45, 2.75) is 19.2 Å². The van der Waals surface area contributed by atoms with Crippen molar-refractivity contribution in [2.75, 3.05) is 25.0 Å². The minimum Gasteiger partial charge on any atom is -0.370 e. The number of ether oxygens (including phenoxy) is 1. The van der Waals surface area contributed by atoms with Crippen molar-refractivity contribution in [1.82, 2.24) is 4.90 Å². The Balaban J connectivity index is 1.63. The number of morpholine rings is 1. The number of alkyl halides is 3. The van der Waals surface area contributed by atoms with Crippen LogP contribution in [0, 0.1) is 6.92 Å². The standard InChI is InChI=1S/C19H19F3N2O2/c1-13-2-4-14(5-3-13)17-12-24(10-11-26-17)18(25)23-16-8-6-15(7-9-16)19(20,21)22/h2-9,17H,10-12H2,1H3,(H,23,25). The van der Waals surface area contributed by atoms with Gasteiger partial charge >= 0.3 is 12.2 Å². The maximum Gasteiger partial charge on any atom is 0.416 e. The van der Waals surface area contributed by atoms with E-state index in [9.17, 15) is 18.0 Å². The van der Waals surface area contributed by atoms with E-state index < -0.39 is 11.7 Å². The normalized spacial score (nSPS) is 17.8. The monoisotopic (exact) mass is 364 g/mol. The fraction of sp³-hybridized carbons (Fsp3) is 0.316. The number of benzene rings is 2. The number of anilines is 1. The van der Waals surface area contributed by atoms with Crippen LogP contribution in [0.3, 0.4) is 0 Å². The number of nitrogens with zero attached hydrogens (tertiary/aromatic N) is 1. The number of halogens is 3. The lowest BCUT2D eigenvalue weighted by Crippen LogP contribution is -2.44. The third-order valence-corrected chi connectivity index (χ3v) is 4.27. The number of nitrogens with one attached hydrogen (secondary N) is 1. The molecule has 0 spiro atoms. The summed E-state index contributed by atoms with van der Waals surface area (Å²) >= 11 is 0. The zero-order valence-electron chi connectivity index (χ0n) is 14.2. The summed E-state index contributed by atoms with van der Waals surface area (Å²) in [5, 5.41) is 2.64. The molecule has 1 aliphatic rings. The van der Waals surface area contributed by atoms with Gasteiger partial charge in [-0.1, -0.05) is 29.8 Å². The summed E-state index contributed by atoms with van der Waals surface area (Å²) in [6.45, 7) is 3.21. The first-order valence-corrected chi connectivity index (χ1v) is 8.24. The highest BCUT2D eigenvalue weighted by Gasteiger charge is 2.30. The van der Waals surface area contributed by atoms with Crippen LogP contribution in [0.4, 0.5) is 23.7 Å². The molecule has 26 heavy (non-hydrogen) atoms. The molecule has 0 bridgehead atoms. The summed E-state index contributed by atoms with van der Waals surface area (Å²) in [5.41, 5.74) is 1.70. The van der Waals surface area contributed by atoms with E-state index in [0.29, 0.717) is 25.4 Å². The zero-order valence-corrected chi connectivity index (χ0v) is 14.2. The molecular weight excluding hydrogens is 345 g/mol. The fourth-order valence-electron chi connectivity index (χ4n) is 2.76. The summed E-state index contributed by atoms with van der Waals surface area (Å²) in [6.07, 6.45) is -4.61. The second kappa shape index (κ2) is 7.37. The third kappa shape index (κ3) is 4.35. The van der Waals surface area contributed by atoms with Crippen LogP contribution < -0.4 is 5.32 Å². The van der Waals surface area contributed by atoms with Crippen LogP contribution in [0.15, 0.2) is 48.5 Å². The Hall–Kier alpha value is -2.54. The lowest BCUT2D eigenvalue weighted by molar-refractivity contribution is -0.137. The van der Waals surface area contributed by atoms with E-state index in [0.717, 1.165) is 23.3 Å². The average molecular weight is 364 g/mol. The molecule has 1 saturated heterocycles. The minimum absolute atomic E-state index is 0.220. The van der Waals surface area contributed by atoms with Crippen molar-refractivity contribution < 1.29 is 22.7 Å². The second-order valence-corrected chi connectivity index (χ2v) is 6.22. The van der Waals surface area contributed by atoms with Gasteiger partial charge in [-0.15, -0.1) is 0 Å². The molecule has 0 aromatic heterocycles. The van der Waals surface area contributed by atoms with Gasteiger partial charge in [-0.3, -0.25) is 0 Å². The molecule has 2 amide bonds. The molecule has 138 valence electrons. The number of rotatable bonds is 2. The largest absolute Gasteiger partial charge is 0.416 e. The molecule has 1 N–H and O–H groups in total. The first kappa shape index (κ1) is 18.3. The van der Waals surface area contributed by atoms with E-state index in [1.54, 1.807) is 4.90 Å². The molecule has 1 heterocycles. The van der Waals surface area contributed by atoms with Crippen LogP contribution >= 0.6 is 0 Å². The Morgan fingerprint density at radius 3 is 2.38 bits per heavy atom. The highest BCUT2D eigenvalue weighted by molar-refractivity contribution is 5.89. The van der Waals surface area contributed by atoms with E-state index in [1.807, 2.05) is 31.2 Å². The Bertz CT molecular complexity index is 758. The molecule has 2 aromatic rings. The van der Waals surface area contributed by atoms with E-state index in [2.05, 4.69) is 5.32 Å². The van der Waals surface area contributed by atoms with Crippen LogP contribution in [0.1, 0.15) is 22.8 Å². The third-order valence-electron chi connectivity index (χ3n) is 4.27. The number of aryl methyl sites for hydroxylation is 1. The first-order valence-electron chi connectivity index (χ1n) is 8.24. The van der Waals surface area contributed by atoms with Crippen molar-refractivity contribution in [2.24, 2.45) is 0 Å². The lowest BCUT2D eigenvalue weighted by atomic mass is 10.1. The fourth-order valence-corrected chi connectivity index (χ4v) is 2.76. The zero-order chi connectivity index (χ0) is 18.7. The SMILES string of the molecule is Cc1ccc(C2CN(C(=O)Nc3ccc(C(F)(F)F)cc3)CCO2)cc1. The van der Waals surface area contributed by atoms with Crippen molar-refractivity contribution in [1.29, 1.82) is 0 Å². The summed E-state index contributed by atoms with van der Waals surface area (Å²) in [6, 6.07) is 11.9. The smallest absolute Gasteiger partial charge is 0.370 e. The summed E-state index contributed by atoms with van der Waals surface area (Å²) in [5.74, 6) is 0. The predicted molar refractivity (Wildman–Crippen MR) is 91.9 cm³/mol. The number of carbonyl (C=O) groups is 1. The van der Waals surface area contributed by atoms with Gasteiger partial charge in [0.25, 0.3) is 0 Å². The van der Waals surface area contributed by atoms with E-state index in [-0.39, 0.29) is 12.1 Å². The van der Waals surface area contributed by atoms with Gasteiger partial charge in [0.05, 0.1) is 18.7 Å². The van der Waals surface area contributed by atoms with E-state index >= 15 is 0 Å². The molecule has 1 fully saturated rings. The molecule has 2 aromatic carbocycles. The topological polar surface area (TPSA) is 41.6 Å². The molecule has 1 unspecified atom stereocenters. The van der Waals surface area contributed by atoms with Gasteiger partial charge in [0.2, 0.25) is 0 Å². The average Bonchev–Trinajstić information content (AvgIpc) is 2.62. The van der Waals surface area contributed by atoms with Crippen LogP contribution in [-0.4, -0.2) is 30.6 Å². The number of amides is 2. The van der Waals surface area contributed by atoms with Gasteiger partial charge in [-0.2, -0.15) is 13.2 Å². The van der Waals surface area contributed by atoms with Crippen molar-refractivity contribution in [3.05, 3.63) is 65.2 Å². The number of hydrogen-bond acceptors (Lipinski definition) is 2. The van der Waals surface area contributed by atoms with Gasteiger partial charge in [0.15, 0.2) is 0 Å². The van der Waals surface area contributed by atoms with Crippen LogP contribution in [0.25, 0.3) is 0 Å². The molecule has 0 aliphatic carbocycles. The summed E-state index contributed by atoms with van der Waals surface area (Å²) in [7, 11) is 0. The van der Waals surface area contributed by atoms with Gasteiger partial charge in [0.1, 0.15) is 6.10 Å². The maximum absolute atomic E-state index is 12.6. The molecule has 7 heteroatoms. The second-order valence-electron chi connectivity index (χ2n) is 6.22. The van der Waals surface area contributed by atoms with Gasteiger partial charge in [0, 0.05) is 12.2 Å². The number of urea groups is 1. The van der Waals surface area contributed by atoms with Gasteiger partial charge in [-0.05, 0) is 36.8 Å². The molecule has 0 radical (unpaired) electrons. The Kier molecular flexibility index (Phi) is 5.18. The van der Waals surface area contributed by atoms with Crippen molar-refractivity contribution >= 4 is 11.7 Å². The predicted octanol–water partition coefficient (Wildman–Crippen LogP) is 4.62. The Morgan fingerprint density at radius 2 is 1.77 bits per heavy atom. The van der Waals surface area contributed by atoms with Crippen LogP contribution in [0.2, 0.25) is 0 Å². The first-order chi connectivity index (χ1) is 12.3. The lowest BCUT2D eigenvalue weighted by Gasteiger charge is -2.33. The van der Waals surface area contributed by atoms with Crippen molar-refractivity contribution in [3.63, 3.8) is 0 Å². The summed E-state index contributed by atoms with van der Waals surface area (Å²) < 4.78 is 43.5. The van der Waals surface area contributed by atoms with E-state index in [4.69, 9.17) is 4.74 Å². The molecule has 1 aliphatic heterocycles. The van der Waals surface area contributed by atoms with Crippen LogP contribution in [-0.2, 0) is 10.9 Å².